The lowest BCUT2D eigenvalue weighted by atomic mass is 10.1. The third-order valence-electron chi connectivity index (χ3n) is 6.73. The van der Waals surface area contributed by atoms with Crippen molar-refractivity contribution in [2.24, 2.45) is 0 Å². The molecular formula is C25H24F2N8O2. The third-order valence-corrected chi connectivity index (χ3v) is 6.73. The molecule has 4 aromatic heterocycles. The van der Waals surface area contributed by atoms with E-state index in [1.165, 1.54) is 16.8 Å². The summed E-state index contributed by atoms with van der Waals surface area (Å²) < 4.78 is 34.8. The average molecular weight is 507 g/mol. The summed E-state index contributed by atoms with van der Waals surface area (Å²) in [5.41, 5.74) is 2.37. The summed E-state index contributed by atoms with van der Waals surface area (Å²) in [7, 11) is 2.07. The molecule has 0 saturated carbocycles. The fourth-order valence-electron chi connectivity index (χ4n) is 4.87. The Labute approximate surface area is 209 Å². The number of alkyl halides is 2. The van der Waals surface area contributed by atoms with Gasteiger partial charge in [-0.1, -0.05) is 0 Å². The number of halogens is 2. The third kappa shape index (κ3) is 4.40. The number of likely N-dealkylation sites (N-methyl/N-ethyl adjacent to an activating group) is 1. The van der Waals surface area contributed by atoms with Crippen LogP contribution in [0.5, 0.6) is 5.75 Å². The number of anilines is 1. The molecule has 0 spiro atoms. The number of benzene rings is 1. The molecule has 1 fully saturated rings. The smallest absolute Gasteiger partial charge is 0.387 e. The van der Waals surface area contributed by atoms with Gasteiger partial charge in [-0.2, -0.15) is 19.0 Å². The molecule has 5 aromatic rings. The average Bonchev–Trinajstić information content (AvgIpc) is 3.66. The molecule has 190 valence electrons. The lowest BCUT2D eigenvalue weighted by molar-refractivity contribution is -0.0493. The summed E-state index contributed by atoms with van der Waals surface area (Å²) >= 11 is 0. The summed E-state index contributed by atoms with van der Waals surface area (Å²) in [4.78, 5) is 22.8. The first-order chi connectivity index (χ1) is 18.0. The Morgan fingerprint density at radius 3 is 3.05 bits per heavy atom. The van der Waals surface area contributed by atoms with Gasteiger partial charge >= 0.3 is 6.61 Å². The Kier molecular flexibility index (Phi) is 5.80. The molecule has 10 nitrogen and oxygen atoms in total. The number of carbonyl (C=O) groups is 1. The zero-order valence-corrected chi connectivity index (χ0v) is 19.9. The number of rotatable bonds is 7. The highest BCUT2D eigenvalue weighted by molar-refractivity contribution is 6.09. The van der Waals surface area contributed by atoms with Gasteiger partial charge in [-0.15, -0.1) is 0 Å². The van der Waals surface area contributed by atoms with Crippen molar-refractivity contribution >= 4 is 28.1 Å². The van der Waals surface area contributed by atoms with E-state index in [1.54, 1.807) is 41.6 Å². The predicted octanol–water partition coefficient (Wildman–Crippen LogP) is 4.02. The van der Waals surface area contributed by atoms with E-state index in [-0.39, 0.29) is 17.4 Å². The summed E-state index contributed by atoms with van der Waals surface area (Å²) in [5, 5.41) is 12.6. The van der Waals surface area contributed by atoms with Crippen molar-refractivity contribution in [1.82, 2.24) is 34.3 Å². The Hall–Kier alpha value is -4.32. The molecule has 0 aliphatic carbocycles. The standard InChI is InChI=1S/C25H24F2N8O2/c1-33-8-2-4-16(33)13-34-14-20(31-24(36)18-12-30-35-9-3-6-29-23(18)35)22(32-34)17-10-15-5-7-28-19(15)11-21(17)37-25(26)27/h3,5-7,9-12,14,16,25,28H,2,4,8,13H2,1H3,(H,31,36)/t16-/m0/s1. The number of nitrogens with zero attached hydrogens (tertiary/aromatic N) is 6. The van der Waals surface area contributed by atoms with Gasteiger partial charge in [-0.25, -0.2) is 9.50 Å². The van der Waals surface area contributed by atoms with Crippen LogP contribution in [0.3, 0.4) is 0 Å². The summed E-state index contributed by atoms with van der Waals surface area (Å²) in [5.74, 6) is -0.479. The largest absolute Gasteiger partial charge is 0.434 e. The second kappa shape index (κ2) is 9.28. The molecule has 0 unspecified atom stereocenters. The van der Waals surface area contributed by atoms with Gasteiger partial charge in [0.05, 0.1) is 18.4 Å². The van der Waals surface area contributed by atoms with Gasteiger partial charge in [0, 0.05) is 53.4 Å². The molecule has 12 heteroatoms. The van der Waals surface area contributed by atoms with Crippen molar-refractivity contribution in [2.45, 2.75) is 32.0 Å². The molecule has 5 heterocycles. The van der Waals surface area contributed by atoms with E-state index in [4.69, 9.17) is 9.84 Å². The van der Waals surface area contributed by atoms with E-state index in [0.29, 0.717) is 34.7 Å². The molecule has 1 amide bonds. The lowest BCUT2D eigenvalue weighted by Gasteiger charge is -2.18. The van der Waals surface area contributed by atoms with Crippen LogP contribution in [0.2, 0.25) is 0 Å². The van der Waals surface area contributed by atoms with Crippen LogP contribution in [-0.4, -0.2) is 66.4 Å². The van der Waals surface area contributed by atoms with E-state index in [0.717, 1.165) is 24.8 Å². The minimum Gasteiger partial charge on any atom is -0.434 e. The topological polar surface area (TPSA) is 105 Å². The van der Waals surface area contributed by atoms with Crippen molar-refractivity contribution < 1.29 is 18.3 Å². The number of hydrogen-bond acceptors (Lipinski definition) is 6. The zero-order valence-electron chi connectivity index (χ0n) is 19.9. The second-order valence-electron chi connectivity index (χ2n) is 9.08. The van der Waals surface area contributed by atoms with Gasteiger partial charge in [0.1, 0.15) is 17.0 Å². The van der Waals surface area contributed by atoms with E-state index in [1.807, 2.05) is 6.07 Å². The van der Waals surface area contributed by atoms with E-state index in [2.05, 4.69) is 32.3 Å². The normalized spacial score (nSPS) is 16.3. The second-order valence-corrected chi connectivity index (χ2v) is 9.08. The lowest BCUT2D eigenvalue weighted by Crippen LogP contribution is -2.29. The molecule has 1 aliphatic rings. The van der Waals surface area contributed by atoms with Gasteiger partial charge in [0.15, 0.2) is 5.65 Å². The van der Waals surface area contributed by atoms with Crippen LogP contribution < -0.4 is 10.1 Å². The fraction of sp³-hybridized carbons (Fsp3) is 0.280. The molecule has 37 heavy (non-hydrogen) atoms. The predicted molar refractivity (Wildman–Crippen MR) is 133 cm³/mol. The number of nitrogens with one attached hydrogen (secondary N) is 2. The highest BCUT2D eigenvalue weighted by atomic mass is 19.3. The SMILES string of the molecule is CN1CCC[C@H]1Cn1cc(NC(=O)c2cnn3cccnc23)c(-c2cc3cc[nH]c3cc2OC(F)F)n1. The van der Waals surface area contributed by atoms with Gasteiger partial charge < -0.3 is 19.9 Å². The molecule has 2 N–H and O–H groups in total. The van der Waals surface area contributed by atoms with Crippen LogP contribution >= 0.6 is 0 Å². The number of ether oxygens (including phenoxy) is 1. The fourth-order valence-corrected chi connectivity index (χ4v) is 4.87. The van der Waals surface area contributed by atoms with E-state index < -0.39 is 12.5 Å². The Morgan fingerprint density at radius 1 is 1.35 bits per heavy atom. The maximum atomic E-state index is 13.4. The van der Waals surface area contributed by atoms with Crippen molar-refractivity contribution in [2.75, 3.05) is 18.9 Å². The minimum absolute atomic E-state index is 0.0404. The Balaban J connectivity index is 1.43. The molecule has 0 bridgehead atoms. The molecule has 6 rings (SSSR count). The number of H-pyrrole nitrogens is 1. The Morgan fingerprint density at radius 2 is 2.24 bits per heavy atom. The van der Waals surface area contributed by atoms with Gasteiger partial charge in [0.25, 0.3) is 5.91 Å². The number of aromatic amines is 1. The maximum Gasteiger partial charge on any atom is 0.387 e. The number of carbonyl (C=O) groups excluding carboxylic acids is 1. The van der Waals surface area contributed by atoms with Crippen LogP contribution in [0, 0.1) is 0 Å². The number of hydrogen-bond donors (Lipinski definition) is 2. The Bertz CT molecular complexity index is 1590. The van der Waals surface area contributed by atoms with E-state index >= 15 is 0 Å². The van der Waals surface area contributed by atoms with Gasteiger partial charge in [-0.3, -0.25) is 9.48 Å². The van der Waals surface area contributed by atoms with Crippen LogP contribution in [-0.2, 0) is 6.54 Å². The zero-order chi connectivity index (χ0) is 25.5. The first kappa shape index (κ1) is 23.1. The van der Waals surface area contributed by atoms with Crippen molar-refractivity contribution in [3.05, 3.63) is 60.8 Å². The molecule has 0 radical (unpaired) electrons. The number of likely N-dealkylation sites (tertiary alicyclic amines) is 1. The number of aromatic nitrogens is 6. The maximum absolute atomic E-state index is 13.4. The van der Waals surface area contributed by atoms with Crippen LogP contribution in [0.1, 0.15) is 23.2 Å². The van der Waals surface area contributed by atoms with Gasteiger partial charge in [0.2, 0.25) is 0 Å². The highest BCUT2D eigenvalue weighted by Gasteiger charge is 2.25. The minimum atomic E-state index is -3.02. The van der Waals surface area contributed by atoms with Crippen molar-refractivity contribution in [1.29, 1.82) is 0 Å². The quantitative estimate of drug-likeness (QED) is 0.346. The molecule has 1 aromatic carbocycles. The number of fused-ring (bicyclic) bond motifs is 2. The molecule has 1 aliphatic heterocycles. The van der Waals surface area contributed by atoms with Gasteiger partial charge in [-0.05, 0) is 44.6 Å². The summed E-state index contributed by atoms with van der Waals surface area (Å²) in [6.45, 7) is -1.43. The highest BCUT2D eigenvalue weighted by Crippen LogP contribution is 2.38. The molecule has 1 saturated heterocycles. The monoisotopic (exact) mass is 506 g/mol. The summed E-state index contributed by atoms with van der Waals surface area (Å²) in [6, 6.07) is 7.07. The number of amides is 1. The van der Waals surface area contributed by atoms with Crippen LogP contribution in [0.15, 0.2) is 55.2 Å². The van der Waals surface area contributed by atoms with Crippen LogP contribution in [0.25, 0.3) is 27.8 Å². The summed E-state index contributed by atoms with van der Waals surface area (Å²) in [6.07, 6.45) is 10.3. The first-order valence-corrected chi connectivity index (χ1v) is 11.9. The molecular weight excluding hydrogens is 482 g/mol. The van der Waals surface area contributed by atoms with Crippen molar-refractivity contribution in [3.8, 4) is 17.0 Å². The first-order valence-electron chi connectivity index (χ1n) is 11.9. The van der Waals surface area contributed by atoms with E-state index in [9.17, 15) is 13.6 Å². The molecule has 1 atom stereocenters. The van der Waals surface area contributed by atoms with Crippen LogP contribution in [0.4, 0.5) is 14.5 Å². The van der Waals surface area contributed by atoms with Crippen molar-refractivity contribution in [3.63, 3.8) is 0 Å².